The second-order valence-electron chi connectivity index (χ2n) is 2.97. The lowest BCUT2D eigenvalue weighted by molar-refractivity contribution is -0.138. The largest absolute Gasteiger partial charge is 0.480 e. The molecule has 7 heteroatoms. The maximum absolute atomic E-state index is 11.4. The highest BCUT2D eigenvalue weighted by Crippen LogP contribution is 1.90. The quantitative estimate of drug-likeness (QED) is 0.689. The lowest BCUT2D eigenvalue weighted by Crippen LogP contribution is -2.31. The summed E-state index contributed by atoms with van der Waals surface area (Å²) in [6.07, 6.45) is 0. The van der Waals surface area contributed by atoms with Crippen molar-refractivity contribution in [3.05, 3.63) is 28.2 Å². The monoisotopic (exact) mass is 225 g/mol. The Morgan fingerprint density at radius 1 is 1.50 bits per heavy atom. The standard InChI is InChI=1S/C9H11N3O4/c1-2-10-9(16)6-3-4-7(13)12(11-6)5-8(14)15/h3-4H,2,5H2,1H3,(H,10,16)(H,14,15). The lowest BCUT2D eigenvalue weighted by atomic mass is 10.3. The average molecular weight is 225 g/mol. The maximum atomic E-state index is 11.4. The van der Waals surface area contributed by atoms with Gasteiger partial charge in [0.05, 0.1) is 0 Å². The topological polar surface area (TPSA) is 101 Å². The van der Waals surface area contributed by atoms with E-state index < -0.39 is 24.0 Å². The normalized spacial score (nSPS) is 9.81. The van der Waals surface area contributed by atoms with Gasteiger partial charge in [-0.1, -0.05) is 0 Å². The van der Waals surface area contributed by atoms with Gasteiger partial charge < -0.3 is 10.4 Å². The third kappa shape index (κ3) is 2.91. The van der Waals surface area contributed by atoms with Crippen LogP contribution in [0, 0.1) is 0 Å². The van der Waals surface area contributed by atoms with Crippen molar-refractivity contribution in [2.75, 3.05) is 6.54 Å². The van der Waals surface area contributed by atoms with Gasteiger partial charge in [0.15, 0.2) is 0 Å². The van der Waals surface area contributed by atoms with Crippen molar-refractivity contribution in [2.24, 2.45) is 0 Å². The van der Waals surface area contributed by atoms with Crippen LogP contribution in [0.15, 0.2) is 16.9 Å². The Morgan fingerprint density at radius 3 is 2.75 bits per heavy atom. The van der Waals surface area contributed by atoms with Crippen molar-refractivity contribution in [3.63, 3.8) is 0 Å². The molecule has 0 unspecified atom stereocenters. The van der Waals surface area contributed by atoms with E-state index in [9.17, 15) is 14.4 Å². The summed E-state index contributed by atoms with van der Waals surface area (Å²) in [4.78, 5) is 33.0. The zero-order chi connectivity index (χ0) is 12.1. The third-order valence-corrected chi connectivity index (χ3v) is 1.72. The van der Waals surface area contributed by atoms with Gasteiger partial charge in [-0.2, -0.15) is 5.10 Å². The van der Waals surface area contributed by atoms with Gasteiger partial charge in [-0.3, -0.25) is 14.4 Å². The second-order valence-corrected chi connectivity index (χ2v) is 2.97. The zero-order valence-electron chi connectivity index (χ0n) is 8.64. The SMILES string of the molecule is CCNC(=O)c1ccc(=O)n(CC(=O)O)n1. The van der Waals surface area contributed by atoms with Crippen LogP contribution >= 0.6 is 0 Å². The second kappa shape index (κ2) is 5.06. The molecule has 16 heavy (non-hydrogen) atoms. The van der Waals surface area contributed by atoms with Gasteiger partial charge in [0.1, 0.15) is 12.2 Å². The number of carboxylic acids is 1. The number of aromatic nitrogens is 2. The van der Waals surface area contributed by atoms with Crippen LogP contribution in [0.5, 0.6) is 0 Å². The van der Waals surface area contributed by atoms with Crippen LogP contribution in [-0.4, -0.2) is 33.3 Å². The van der Waals surface area contributed by atoms with Gasteiger partial charge in [0, 0.05) is 12.6 Å². The fraction of sp³-hybridized carbons (Fsp3) is 0.333. The minimum atomic E-state index is -1.19. The summed E-state index contributed by atoms with van der Waals surface area (Å²) in [5.74, 6) is -1.63. The van der Waals surface area contributed by atoms with Crippen molar-refractivity contribution < 1.29 is 14.7 Å². The first-order valence-corrected chi connectivity index (χ1v) is 4.62. The van der Waals surface area contributed by atoms with E-state index in [0.29, 0.717) is 6.54 Å². The first-order valence-electron chi connectivity index (χ1n) is 4.62. The zero-order valence-corrected chi connectivity index (χ0v) is 8.64. The molecule has 0 bridgehead atoms. The molecule has 0 aliphatic heterocycles. The molecule has 1 rings (SSSR count). The minimum Gasteiger partial charge on any atom is -0.480 e. The van der Waals surface area contributed by atoms with Gasteiger partial charge in [-0.25, -0.2) is 4.68 Å². The Kier molecular flexibility index (Phi) is 3.76. The lowest BCUT2D eigenvalue weighted by Gasteiger charge is -2.04. The van der Waals surface area contributed by atoms with Crippen molar-refractivity contribution in [2.45, 2.75) is 13.5 Å². The molecule has 1 aromatic heterocycles. The highest BCUT2D eigenvalue weighted by atomic mass is 16.4. The molecule has 1 amide bonds. The van der Waals surface area contributed by atoms with Crippen LogP contribution in [0.3, 0.4) is 0 Å². The summed E-state index contributed by atoms with van der Waals surface area (Å²) in [6, 6.07) is 2.37. The number of carbonyl (C=O) groups excluding carboxylic acids is 1. The molecular weight excluding hydrogens is 214 g/mol. The Balaban J connectivity index is 3.02. The molecule has 0 radical (unpaired) electrons. The van der Waals surface area contributed by atoms with E-state index in [-0.39, 0.29) is 5.69 Å². The molecule has 0 atom stereocenters. The van der Waals surface area contributed by atoms with E-state index in [1.54, 1.807) is 6.92 Å². The average Bonchev–Trinajstić information content (AvgIpc) is 2.21. The molecule has 1 aromatic rings. The van der Waals surface area contributed by atoms with Crippen LogP contribution in [0.25, 0.3) is 0 Å². The summed E-state index contributed by atoms with van der Waals surface area (Å²) in [5.41, 5.74) is -0.543. The molecule has 0 aromatic carbocycles. The fourth-order valence-corrected chi connectivity index (χ4v) is 1.06. The maximum Gasteiger partial charge on any atom is 0.325 e. The number of amides is 1. The summed E-state index contributed by atoms with van der Waals surface area (Å²) >= 11 is 0. The molecule has 0 fully saturated rings. The predicted octanol–water partition coefficient (Wildman–Crippen LogP) is -0.922. The summed E-state index contributed by atoms with van der Waals surface area (Å²) < 4.78 is 0.729. The molecule has 0 aliphatic rings. The van der Waals surface area contributed by atoms with Crippen LogP contribution in [0.1, 0.15) is 17.4 Å². The highest BCUT2D eigenvalue weighted by Gasteiger charge is 2.09. The first kappa shape index (κ1) is 11.9. The number of hydrogen-bond acceptors (Lipinski definition) is 4. The van der Waals surface area contributed by atoms with Crippen LogP contribution < -0.4 is 10.9 Å². The van der Waals surface area contributed by atoms with E-state index in [0.717, 1.165) is 10.7 Å². The third-order valence-electron chi connectivity index (χ3n) is 1.72. The number of hydrogen-bond donors (Lipinski definition) is 2. The van der Waals surface area contributed by atoms with Gasteiger partial charge in [0.25, 0.3) is 11.5 Å². The number of rotatable bonds is 4. The highest BCUT2D eigenvalue weighted by molar-refractivity contribution is 5.91. The van der Waals surface area contributed by atoms with Crippen LogP contribution in [0.2, 0.25) is 0 Å². The Morgan fingerprint density at radius 2 is 2.19 bits per heavy atom. The van der Waals surface area contributed by atoms with Crippen molar-refractivity contribution in [1.82, 2.24) is 15.1 Å². The molecule has 86 valence electrons. The minimum absolute atomic E-state index is 0.0164. The smallest absolute Gasteiger partial charge is 0.325 e. The molecule has 0 saturated carbocycles. The van der Waals surface area contributed by atoms with Gasteiger partial charge >= 0.3 is 5.97 Å². The number of nitrogens with zero attached hydrogens (tertiary/aromatic N) is 2. The number of carbonyl (C=O) groups is 2. The molecule has 0 aliphatic carbocycles. The predicted molar refractivity (Wildman–Crippen MR) is 54.1 cm³/mol. The van der Waals surface area contributed by atoms with Crippen LogP contribution in [0.4, 0.5) is 0 Å². The molecule has 2 N–H and O–H groups in total. The Labute approximate surface area is 90.7 Å². The summed E-state index contributed by atoms with van der Waals surface area (Å²) in [7, 11) is 0. The number of aliphatic carboxylic acids is 1. The van der Waals surface area contributed by atoms with E-state index in [2.05, 4.69) is 10.4 Å². The Bertz CT molecular complexity index is 466. The molecule has 0 saturated heterocycles. The molecule has 7 nitrogen and oxygen atoms in total. The van der Waals surface area contributed by atoms with Gasteiger partial charge in [-0.15, -0.1) is 0 Å². The first-order chi connectivity index (χ1) is 7.54. The fourth-order valence-electron chi connectivity index (χ4n) is 1.06. The van der Waals surface area contributed by atoms with Crippen molar-refractivity contribution >= 4 is 11.9 Å². The Hall–Kier alpha value is -2.18. The van der Waals surface area contributed by atoms with Crippen molar-refractivity contribution in [3.8, 4) is 0 Å². The van der Waals surface area contributed by atoms with Gasteiger partial charge in [-0.05, 0) is 13.0 Å². The molecule has 0 spiro atoms. The number of nitrogens with one attached hydrogen (secondary N) is 1. The molecular formula is C9H11N3O4. The van der Waals surface area contributed by atoms with Gasteiger partial charge in [0.2, 0.25) is 0 Å². The summed E-state index contributed by atoms with van der Waals surface area (Å²) in [5, 5.41) is 14.7. The molecule has 1 heterocycles. The number of carboxylic acid groups (broad SMARTS) is 1. The summed E-state index contributed by atoms with van der Waals surface area (Å²) in [6.45, 7) is 1.61. The van der Waals surface area contributed by atoms with E-state index >= 15 is 0 Å². The van der Waals surface area contributed by atoms with Crippen LogP contribution in [-0.2, 0) is 11.3 Å². The van der Waals surface area contributed by atoms with Crippen molar-refractivity contribution in [1.29, 1.82) is 0 Å². The van der Waals surface area contributed by atoms with E-state index in [1.807, 2.05) is 0 Å². The van der Waals surface area contributed by atoms with E-state index in [4.69, 9.17) is 5.11 Å². The van der Waals surface area contributed by atoms with E-state index in [1.165, 1.54) is 6.07 Å².